The van der Waals surface area contributed by atoms with E-state index in [9.17, 15) is 9.18 Å². The highest BCUT2D eigenvalue weighted by Gasteiger charge is 2.15. The predicted molar refractivity (Wildman–Crippen MR) is 53.5 cm³/mol. The number of rotatable bonds is 1. The molecule has 2 rings (SSSR count). The van der Waals surface area contributed by atoms with Crippen molar-refractivity contribution < 1.29 is 4.39 Å². The van der Waals surface area contributed by atoms with Gasteiger partial charge >= 0.3 is 5.69 Å². The van der Waals surface area contributed by atoms with Crippen molar-refractivity contribution in [2.24, 2.45) is 0 Å². The Labute approximate surface area is 83.6 Å². The van der Waals surface area contributed by atoms with Gasteiger partial charge in [-0.25, -0.2) is 9.18 Å². The molecule has 74 valence electrons. The molecule has 0 amide bonds. The minimum absolute atomic E-state index is 0.116. The largest absolute Gasteiger partial charge is 0.381 e. The number of nitrogen functional groups attached to an aromatic ring is 1. The summed E-state index contributed by atoms with van der Waals surface area (Å²) in [7, 11) is 0. The van der Waals surface area contributed by atoms with Gasteiger partial charge in [-0.05, 0) is 5.41 Å². The molecule has 1 unspecified atom stereocenters. The molecule has 2 N–H and O–H groups in total. The lowest BCUT2D eigenvalue weighted by Gasteiger charge is -2.10. The average Bonchev–Trinajstić information content (AvgIpc) is 2.64. The van der Waals surface area contributed by atoms with Crippen molar-refractivity contribution in [1.82, 2.24) is 9.55 Å². The van der Waals surface area contributed by atoms with Gasteiger partial charge in [0.1, 0.15) is 0 Å². The summed E-state index contributed by atoms with van der Waals surface area (Å²) in [4.78, 5) is 14.7. The third-order valence-corrected chi connectivity index (χ3v) is 2.84. The molecule has 14 heavy (non-hydrogen) atoms. The number of aromatic nitrogens is 2. The molecule has 2 heterocycles. The maximum atomic E-state index is 13.0. The first kappa shape index (κ1) is 9.26. The number of thioether (sulfide) groups is 1. The zero-order valence-electron chi connectivity index (χ0n) is 7.18. The number of nitrogens with zero attached hydrogens (tertiary/aromatic N) is 2. The van der Waals surface area contributed by atoms with Crippen LogP contribution in [-0.2, 0) is 0 Å². The molecule has 0 bridgehead atoms. The molecule has 0 fully saturated rings. The first-order chi connectivity index (χ1) is 6.68. The molecule has 0 saturated carbocycles. The summed E-state index contributed by atoms with van der Waals surface area (Å²) in [5.74, 6) is -0.277. The van der Waals surface area contributed by atoms with Crippen molar-refractivity contribution in [3.05, 3.63) is 34.0 Å². The molecular weight excluding hydrogens is 205 g/mol. The molecule has 1 aliphatic heterocycles. The predicted octanol–water partition coefficient (Wildman–Crippen LogP) is 0.766. The van der Waals surface area contributed by atoms with Crippen LogP contribution in [0.15, 0.2) is 22.5 Å². The third-order valence-electron chi connectivity index (χ3n) is 1.96. The maximum absolute atomic E-state index is 13.0. The van der Waals surface area contributed by atoms with Crippen molar-refractivity contribution in [3.8, 4) is 0 Å². The molecule has 6 heteroatoms. The lowest BCUT2D eigenvalue weighted by molar-refractivity contribution is 0.557. The second-order valence-electron chi connectivity index (χ2n) is 2.89. The molecule has 0 aromatic carbocycles. The highest BCUT2D eigenvalue weighted by atomic mass is 32.2. The zero-order valence-corrected chi connectivity index (χ0v) is 8.00. The minimum Gasteiger partial charge on any atom is -0.381 e. The number of hydrogen-bond donors (Lipinski definition) is 1. The smallest absolute Gasteiger partial charge is 0.350 e. The number of halogens is 1. The van der Waals surface area contributed by atoms with Crippen LogP contribution < -0.4 is 11.4 Å². The number of nitrogens with two attached hydrogens (primary N) is 1. The van der Waals surface area contributed by atoms with E-state index in [0.717, 1.165) is 11.9 Å². The molecule has 0 radical (unpaired) electrons. The van der Waals surface area contributed by atoms with Gasteiger partial charge in [0.05, 0.1) is 6.04 Å². The quantitative estimate of drug-likeness (QED) is 0.748. The van der Waals surface area contributed by atoms with Gasteiger partial charge in [-0.3, -0.25) is 4.57 Å². The highest BCUT2D eigenvalue weighted by molar-refractivity contribution is 8.02. The van der Waals surface area contributed by atoms with Gasteiger partial charge in [0.25, 0.3) is 0 Å². The van der Waals surface area contributed by atoms with Gasteiger partial charge in [-0.1, -0.05) is 6.08 Å². The molecule has 0 saturated heterocycles. The Morgan fingerprint density at radius 2 is 2.50 bits per heavy atom. The minimum atomic E-state index is -0.658. The van der Waals surface area contributed by atoms with E-state index < -0.39 is 11.5 Å². The first-order valence-corrected chi connectivity index (χ1v) is 5.06. The third kappa shape index (κ3) is 1.52. The summed E-state index contributed by atoms with van der Waals surface area (Å²) >= 11 is 1.57. The van der Waals surface area contributed by atoms with Crippen LogP contribution in [0, 0.1) is 5.82 Å². The van der Waals surface area contributed by atoms with Crippen LogP contribution in [0.2, 0.25) is 0 Å². The summed E-state index contributed by atoms with van der Waals surface area (Å²) in [5.41, 5.74) is 4.65. The molecule has 0 spiro atoms. The van der Waals surface area contributed by atoms with Crippen molar-refractivity contribution >= 4 is 17.6 Å². The topological polar surface area (TPSA) is 60.9 Å². The van der Waals surface area contributed by atoms with Crippen LogP contribution in [0.3, 0.4) is 0 Å². The van der Waals surface area contributed by atoms with Crippen LogP contribution in [0.1, 0.15) is 6.04 Å². The Hall–Kier alpha value is -1.30. The van der Waals surface area contributed by atoms with Crippen LogP contribution >= 0.6 is 11.8 Å². The molecule has 1 aliphatic rings. The van der Waals surface area contributed by atoms with E-state index in [0.29, 0.717) is 0 Å². The SMILES string of the molecule is Nc1nc(=O)n(C2C=CSC2)cc1F. The van der Waals surface area contributed by atoms with Crippen molar-refractivity contribution in [2.45, 2.75) is 6.04 Å². The van der Waals surface area contributed by atoms with Gasteiger partial charge in [-0.2, -0.15) is 4.98 Å². The number of anilines is 1. The fourth-order valence-corrected chi connectivity index (χ4v) is 2.10. The van der Waals surface area contributed by atoms with E-state index in [1.807, 2.05) is 11.5 Å². The summed E-state index contributed by atoms with van der Waals surface area (Å²) < 4.78 is 14.3. The van der Waals surface area contributed by atoms with E-state index in [2.05, 4.69) is 4.98 Å². The number of hydrogen-bond acceptors (Lipinski definition) is 4. The summed E-state index contributed by atoms with van der Waals surface area (Å²) in [6.45, 7) is 0. The normalized spacial score (nSPS) is 20.2. The molecule has 0 aliphatic carbocycles. The van der Waals surface area contributed by atoms with E-state index in [-0.39, 0.29) is 11.9 Å². The summed E-state index contributed by atoms with van der Waals surface area (Å²) in [5, 5.41) is 1.88. The monoisotopic (exact) mass is 213 g/mol. The first-order valence-electron chi connectivity index (χ1n) is 4.01. The van der Waals surface area contributed by atoms with E-state index in [4.69, 9.17) is 5.73 Å². The molecular formula is C8H8FN3OS. The Kier molecular flexibility index (Phi) is 2.28. The highest BCUT2D eigenvalue weighted by Crippen LogP contribution is 2.23. The zero-order chi connectivity index (χ0) is 10.1. The Balaban J connectivity index is 2.48. The van der Waals surface area contributed by atoms with Gasteiger partial charge in [0.15, 0.2) is 11.6 Å². The second-order valence-corrected chi connectivity index (χ2v) is 3.83. The lowest BCUT2D eigenvalue weighted by atomic mass is 10.3. The molecule has 1 aromatic rings. The van der Waals surface area contributed by atoms with Crippen LogP contribution in [0.5, 0.6) is 0 Å². The van der Waals surface area contributed by atoms with Gasteiger partial charge in [0, 0.05) is 11.9 Å². The maximum Gasteiger partial charge on any atom is 0.350 e. The Bertz CT molecular complexity index is 443. The fourth-order valence-electron chi connectivity index (χ4n) is 1.22. The fraction of sp³-hybridized carbons (Fsp3) is 0.250. The summed E-state index contributed by atoms with van der Waals surface area (Å²) in [6.07, 6.45) is 2.94. The van der Waals surface area contributed by atoms with Crippen LogP contribution in [0.4, 0.5) is 10.2 Å². The van der Waals surface area contributed by atoms with Gasteiger partial charge in [0.2, 0.25) is 0 Å². The average molecular weight is 213 g/mol. The summed E-state index contributed by atoms with van der Waals surface area (Å²) in [6, 6.07) is -0.116. The van der Waals surface area contributed by atoms with Crippen molar-refractivity contribution in [1.29, 1.82) is 0 Å². The Morgan fingerprint density at radius 1 is 1.71 bits per heavy atom. The molecule has 1 atom stereocenters. The molecule has 4 nitrogen and oxygen atoms in total. The van der Waals surface area contributed by atoms with E-state index in [1.54, 1.807) is 11.8 Å². The lowest BCUT2D eigenvalue weighted by Crippen LogP contribution is -2.27. The second kappa shape index (κ2) is 3.45. The van der Waals surface area contributed by atoms with Crippen molar-refractivity contribution in [3.63, 3.8) is 0 Å². The Morgan fingerprint density at radius 3 is 3.14 bits per heavy atom. The van der Waals surface area contributed by atoms with Crippen LogP contribution in [0.25, 0.3) is 0 Å². The van der Waals surface area contributed by atoms with Gasteiger partial charge < -0.3 is 5.73 Å². The van der Waals surface area contributed by atoms with E-state index in [1.165, 1.54) is 4.57 Å². The van der Waals surface area contributed by atoms with Crippen LogP contribution in [-0.4, -0.2) is 15.3 Å². The van der Waals surface area contributed by atoms with Gasteiger partial charge in [-0.15, -0.1) is 11.8 Å². The van der Waals surface area contributed by atoms with E-state index >= 15 is 0 Å². The standard InChI is InChI=1S/C8H8FN3OS/c9-6-3-12(5-1-2-14-4-5)8(13)11-7(6)10/h1-3,5H,4H2,(H2,10,11,13). The molecule has 1 aromatic heterocycles. The van der Waals surface area contributed by atoms with Crippen molar-refractivity contribution in [2.75, 3.05) is 11.5 Å². The number of allylic oxidation sites excluding steroid dienone is 1.